The van der Waals surface area contributed by atoms with Gasteiger partial charge in [-0.25, -0.2) is 0 Å². The van der Waals surface area contributed by atoms with Crippen molar-refractivity contribution in [2.24, 2.45) is 0 Å². The number of thiophene rings is 1. The van der Waals surface area contributed by atoms with E-state index in [0.29, 0.717) is 11.6 Å². The van der Waals surface area contributed by atoms with Crippen LogP contribution in [0.25, 0.3) is 10.1 Å². The predicted molar refractivity (Wildman–Crippen MR) is 61.7 cm³/mol. The summed E-state index contributed by atoms with van der Waals surface area (Å²) in [5, 5.41) is 12.2. The van der Waals surface area contributed by atoms with E-state index in [-0.39, 0.29) is 6.61 Å². The zero-order chi connectivity index (χ0) is 10.1. The molecule has 74 valence electrons. The number of benzene rings is 1. The highest BCUT2D eigenvalue weighted by Crippen LogP contribution is 2.33. The lowest BCUT2D eigenvalue weighted by Crippen LogP contribution is -1.95. The molecule has 0 saturated carbocycles. The van der Waals surface area contributed by atoms with Crippen LogP contribution >= 0.6 is 22.9 Å². The van der Waals surface area contributed by atoms with Crippen molar-refractivity contribution in [3.63, 3.8) is 0 Å². The van der Waals surface area contributed by atoms with Gasteiger partial charge in [-0.3, -0.25) is 0 Å². The molecule has 0 bridgehead atoms. The fourth-order valence-corrected chi connectivity index (χ4v) is 2.94. The summed E-state index contributed by atoms with van der Waals surface area (Å²) >= 11 is 7.46. The van der Waals surface area contributed by atoms with E-state index >= 15 is 0 Å². The molecule has 1 aromatic heterocycles. The molecular weight excluding hydrogens is 218 g/mol. The maximum absolute atomic E-state index is 9.16. The summed E-state index contributed by atoms with van der Waals surface area (Å²) < 4.78 is 1.09. The summed E-state index contributed by atoms with van der Waals surface area (Å²) in [6.45, 7) is -0.0138. The van der Waals surface area contributed by atoms with Crippen LogP contribution in [0.15, 0.2) is 17.5 Å². The lowest BCUT2D eigenvalue weighted by Gasteiger charge is -2.07. The second kappa shape index (κ2) is 3.77. The molecule has 4 heteroatoms. The molecule has 1 aromatic carbocycles. The molecule has 0 aliphatic carbocycles. The molecule has 2 aromatic rings. The molecule has 0 aliphatic rings. The average Bonchev–Trinajstić information content (AvgIpc) is 2.66. The van der Waals surface area contributed by atoms with Crippen LogP contribution in [0.4, 0.5) is 5.69 Å². The van der Waals surface area contributed by atoms with E-state index in [1.807, 2.05) is 11.4 Å². The van der Waals surface area contributed by atoms with Crippen LogP contribution < -0.4 is 5.73 Å². The zero-order valence-electron chi connectivity index (χ0n) is 7.46. The molecule has 0 atom stereocenters. The molecule has 14 heavy (non-hydrogen) atoms. The number of nitrogens with two attached hydrogens (primary N) is 1. The molecule has 0 fully saturated rings. The van der Waals surface area contributed by atoms with E-state index in [1.165, 1.54) is 0 Å². The first-order valence-corrected chi connectivity index (χ1v) is 5.63. The molecule has 2 rings (SSSR count). The molecular formula is C10H10ClNOS. The third-order valence-corrected chi connectivity index (χ3v) is 3.51. The number of anilines is 1. The summed E-state index contributed by atoms with van der Waals surface area (Å²) in [7, 11) is 0. The van der Waals surface area contributed by atoms with Gasteiger partial charge in [0.25, 0.3) is 0 Å². The first kappa shape index (κ1) is 9.77. The largest absolute Gasteiger partial charge is 0.398 e. The summed E-state index contributed by atoms with van der Waals surface area (Å²) in [6.07, 6.45) is 0. The van der Waals surface area contributed by atoms with Crippen molar-refractivity contribution in [1.29, 1.82) is 0 Å². The van der Waals surface area contributed by atoms with E-state index in [2.05, 4.69) is 0 Å². The standard InChI is InChI=1S/C10H10ClNOS/c11-4-8-6(5-13)3-9(12)7-1-2-14-10(7)8/h1-3,13H,4-5,12H2. The Morgan fingerprint density at radius 1 is 1.50 bits per heavy atom. The Bertz CT molecular complexity index is 466. The summed E-state index contributed by atoms with van der Waals surface area (Å²) in [6, 6.07) is 3.78. The number of hydrogen-bond donors (Lipinski definition) is 2. The Balaban J connectivity index is 2.82. The van der Waals surface area contributed by atoms with Crippen molar-refractivity contribution < 1.29 is 5.11 Å². The van der Waals surface area contributed by atoms with Gasteiger partial charge in [0.1, 0.15) is 0 Å². The van der Waals surface area contributed by atoms with Gasteiger partial charge in [-0.05, 0) is 28.6 Å². The maximum Gasteiger partial charge on any atom is 0.0686 e. The lowest BCUT2D eigenvalue weighted by atomic mass is 10.1. The lowest BCUT2D eigenvalue weighted by molar-refractivity contribution is 0.281. The summed E-state index contributed by atoms with van der Waals surface area (Å²) in [5.74, 6) is 0.410. The Hall–Kier alpha value is -0.770. The van der Waals surface area contributed by atoms with E-state index in [4.69, 9.17) is 22.4 Å². The summed E-state index contributed by atoms with van der Waals surface area (Å²) in [5.41, 5.74) is 8.38. The van der Waals surface area contributed by atoms with Crippen LogP contribution in [0.1, 0.15) is 11.1 Å². The van der Waals surface area contributed by atoms with Gasteiger partial charge in [0.15, 0.2) is 0 Å². The number of halogens is 1. The average molecular weight is 228 g/mol. The van der Waals surface area contributed by atoms with Gasteiger partial charge in [0, 0.05) is 21.7 Å². The Kier molecular flexibility index (Phi) is 2.63. The first-order chi connectivity index (χ1) is 6.77. The van der Waals surface area contributed by atoms with Crippen LogP contribution in [0, 0.1) is 0 Å². The van der Waals surface area contributed by atoms with Gasteiger partial charge >= 0.3 is 0 Å². The highest BCUT2D eigenvalue weighted by molar-refractivity contribution is 7.17. The molecule has 0 spiro atoms. The van der Waals surface area contributed by atoms with Crippen molar-refractivity contribution in [2.75, 3.05) is 5.73 Å². The van der Waals surface area contributed by atoms with Crippen LogP contribution in [0.5, 0.6) is 0 Å². The van der Waals surface area contributed by atoms with Crippen LogP contribution in [0.2, 0.25) is 0 Å². The van der Waals surface area contributed by atoms with E-state index in [9.17, 15) is 0 Å². The topological polar surface area (TPSA) is 46.2 Å². The quantitative estimate of drug-likeness (QED) is 0.612. The third kappa shape index (κ3) is 1.38. The van der Waals surface area contributed by atoms with Crippen molar-refractivity contribution in [2.45, 2.75) is 12.5 Å². The Labute approximate surface area is 90.9 Å². The number of alkyl halides is 1. The number of aliphatic hydroxyl groups is 1. The second-order valence-corrected chi connectivity index (χ2v) is 4.24. The number of fused-ring (bicyclic) bond motifs is 1. The molecule has 0 unspecified atom stereocenters. The molecule has 0 radical (unpaired) electrons. The molecule has 3 N–H and O–H groups in total. The highest BCUT2D eigenvalue weighted by atomic mass is 35.5. The number of nitrogen functional groups attached to an aromatic ring is 1. The molecule has 0 aliphatic heterocycles. The Morgan fingerprint density at radius 2 is 2.29 bits per heavy atom. The van der Waals surface area contributed by atoms with E-state index < -0.39 is 0 Å². The molecule has 0 amide bonds. The Morgan fingerprint density at radius 3 is 2.93 bits per heavy atom. The predicted octanol–water partition coefficient (Wildman–Crippen LogP) is 2.71. The monoisotopic (exact) mass is 227 g/mol. The first-order valence-electron chi connectivity index (χ1n) is 4.22. The minimum absolute atomic E-state index is 0.0138. The van der Waals surface area contributed by atoms with Gasteiger partial charge in [0.05, 0.1) is 6.61 Å². The fraction of sp³-hybridized carbons (Fsp3) is 0.200. The third-order valence-electron chi connectivity index (χ3n) is 2.27. The van der Waals surface area contributed by atoms with Gasteiger partial charge < -0.3 is 10.8 Å². The van der Waals surface area contributed by atoms with Crippen molar-refractivity contribution in [1.82, 2.24) is 0 Å². The van der Waals surface area contributed by atoms with Gasteiger partial charge in [0.2, 0.25) is 0 Å². The smallest absolute Gasteiger partial charge is 0.0686 e. The van der Waals surface area contributed by atoms with Gasteiger partial charge in [-0.1, -0.05) is 0 Å². The number of hydrogen-bond acceptors (Lipinski definition) is 3. The molecule has 0 saturated heterocycles. The van der Waals surface area contributed by atoms with E-state index in [0.717, 1.165) is 21.2 Å². The SMILES string of the molecule is Nc1cc(CO)c(CCl)c2sccc12. The molecule has 2 nitrogen and oxygen atoms in total. The highest BCUT2D eigenvalue weighted by Gasteiger charge is 2.10. The van der Waals surface area contributed by atoms with Crippen molar-refractivity contribution in [3.8, 4) is 0 Å². The van der Waals surface area contributed by atoms with Crippen LogP contribution in [-0.4, -0.2) is 5.11 Å². The van der Waals surface area contributed by atoms with Crippen molar-refractivity contribution >= 4 is 38.7 Å². The van der Waals surface area contributed by atoms with Crippen LogP contribution in [-0.2, 0) is 12.5 Å². The number of rotatable bonds is 2. The minimum atomic E-state index is -0.0138. The van der Waals surface area contributed by atoms with Crippen LogP contribution in [0.3, 0.4) is 0 Å². The second-order valence-electron chi connectivity index (χ2n) is 3.06. The van der Waals surface area contributed by atoms with Gasteiger partial charge in [-0.15, -0.1) is 22.9 Å². The zero-order valence-corrected chi connectivity index (χ0v) is 9.03. The fourth-order valence-electron chi connectivity index (χ4n) is 1.56. The van der Waals surface area contributed by atoms with Gasteiger partial charge in [-0.2, -0.15) is 0 Å². The number of aliphatic hydroxyl groups excluding tert-OH is 1. The molecule has 1 heterocycles. The van der Waals surface area contributed by atoms with E-state index in [1.54, 1.807) is 17.4 Å². The summed E-state index contributed by atoms with van der Waals surface area (Å²) in [4.78, 5) is 0. The van der Waals surface area contributed by atoms with Crippen molar-refractivity contribution in [3.05, 3.63) is 28.6 Å². The minimum Gasteiger partial charge on any atom is -0.398 e. The maximum atomic E-state index is 9.16. The normalized spacial score (nSPS) is 11.0.